The van der Waals surface area contributed by atoms with Gasteiger partial charge in [0, 0.05) is 17.9 Å². The van der Waals surface area contributed by atoms with E-state index in [4.69, 9.17) is 0 Å². The Hall–Kier alpha value is -0.900. The summed E-state index contributed by atoms with van der Waals surface area (Å²) < 4.78 is 0. The molecule has 5 rings (SSSR count). The van der Waals surface area contributed by atoms with E-state index in [0.717, 1.165) is 44.2 Å². The summed E-state index contributed by atoms with van der Waals surface area (Å²) >= 11 is 0. The van der Waals surface area contributed by atoms with Crippen LogP contribution in [0.2, 0.25) is 0 Å². The normalized spacial score (nSPS) is 36.4. The highest BCUT2D eigenvalue weighted by atomic mass is 16.2. The number of nitrogens with one attached hydrogen (secondary N) is 1. The molecule has 1 amide bonds. The van der Waals surface area contributed by atoms with Crippen molar-refractivity contribution in [2.24, 2.45) is 35.5 Å². The Morgan fingerprint density at radius 2 is 1.37 bits per heavy atom. The molecule has 1 heterocycles. The van der Waals surface area contributed by atoms with E-state index < -0.39 is 0 Å². The fraction of sp³-hybridized carbons (Fsp3) is 0.923. The summed E-state index contributed by atoms with van der Waals surface area (Å²) in [7, 11) is 0. The zero-order valence-corrected chi connectivity index (χ0v) is 18.8. The topological polar surface area (TPSA) is 49.4 Å². The molecule has 4 atom stereocenters. The smallest absolute Gasteiger partial charge is 0.234 e. The first-order valence-corrected chi connectivity index (χ1v) is 13.2. The average Bonchev–Trinajstić information content (AvgIpc) is 3.57. The van der Waals surface area contributed by atoms with Crippen LogP contribution in [0.1, 0.15) is 89.9 Å². The Morgan fingerprint density at radius 1 is 0.733 bits per heavy atom. The molecule has 0 radical (unpaired) electrons. The fourth-order valence-corrected chi connectivity index (χ4v) is 7.57. The second-order valence-corrected chi connectivity index (χ2v) is 11.3. The van der Waals surface area contributed by atoms with Crippen LogP contribution in [0.3, 0.4) is 0 Å². The molecule has 1 saturated heterocycles. The summed E-state index contributed by atoms with van der Waals surface area (Å²) in [4.78, 5) is 28.3. The average molecular weight is 415 g/mol. The number of Topliss-reactive ketones (excluding diaryl/α,β-unsaturated/α-hetero) is 1. The van der Waals surface area contributed by atoms with Gasteiger partial charge in [0.25, 0.3) is 0 Å². The summed E-state index contributed by atoms with van der Waals surface area (Å²) in [6.45, 7) is 2.70. The predicted molar refractivity (Wildman–Crippen MR) is 119 cm³/mol. The number of fused-ring (bicyclic) bond motifs is 1. The lowest BCUT2D eigenvalue weighted by Crippen LogP contribution is -2.49. The summed E-state index contributed by atoms with van der Waals surface area (Å²) in [6.07, 6.45) is 18.0. The van der Waals surface area contributed by atoms with Crippen LogP contribution in [0.25, 0.3) is 0 Å². The molecule has 0 spiro atoms. The largest absolute Gasteiger partial charge is 0.351 e. The van der Waals surface area contributed by atoms with Gasteiger partial charge in [-0.1, -0.05) is 51.4 Å². The number of hydrogen-bond acceptors (Lipinski definition) is 3. The molecular weight excluding hydrogens is 372 g/mol. The molecule has 0 aromatic heterocycles. The van der Waals surface area contributed by atoms with Gasteiger partial charge in [0.2, 0.25) is 5.91 Å². The van der Waals surface area contributed by atoms with Crippen LogP contribution in [0.5, 0.6) is 0 Å². The first kappa shape index (κ1) is 21.0. The second kappa shape index (κ2) is 9.30. The minimum atomic E-state index is 0.103. The number of amides is 1. The lowest BCUT2D eigenvalue weighted by Gasteiger charge is -2.37. The number of likely N-dealkylation sites (tertiary alicyclic amines) is 1. The quantitative estimate of drug-likeness (QED) is 0.693. The van der Waals surface area contributed by atoms with Crippen LogP contribution >= 0.6 is 0 Å². The second-order valence-electron chi connectivity index (χ2n) is 11.3. The third kappa shape index (κ3) is 4.64. The Morgan fingerprint density at radius 3 is 2.10 bits per heavy atom. The van der Waals surface area contributed by atoms with E-state index in [1.54, 1.807) is 0 Å². The predicted octanol–water partition coefficient (Wildman–Crippen LogP) is 4.57. The van der Waals surface area contributed by atoms with Gasteiger partial charge in [-0.05, 0) is 75.3 Å². The molecular formula is C26H42N2O2. The van der Waals surface area contributed by atoms with Crippen molar-refractivity contribution in [3.05, 3.63) is 0 Å². The van der Waals surface area contributed by atoms with Crippen molar-refractivity contribution in [2.45, 2.75) is 95.9 Å². The van der Waals surface area contributed by atoms with Gasteiger partial charge in [-0.15, -0.1) is 0 Å². The number of ketones is 1. The molecule has 0 aromatic rings. The number of carbonyl (C=O) groups is 2. The van der Waals surface area contributed by atoms with Crippen LogP contribution in [0, 0.1) is 35.5 Å². The van der Waals surface area contributed by atoms with Crippen molar-refractivity contribution in [3.8, 4) is 0 Å². The zero-order chi connectivity index (χ0) is 20.5. The minimum absolute atomic E-state index is 0.103. The van der Waals surface area contributed by atoms with Crippen LogP contribution in [0.4, 0.5) is 0 Å². The lowest BCUT2D eigenvalue weighted by atomic mass is 9.76. The molecule has 168 valence electrons. The molecule has 4 aliphatic carbocycles. The third-order valence-electron chi connectivity index (χ3n) is 9.41. The Labute approximate surface area is 182 Å². The number of hydrogen-bond donors (Lipinski definition) is 1. The van der Waals surface area contributed by atoms with Gasteiger partial charge in [-0.3, -0.25) is 14.5 Å². The molecule has 30 heavy (non-hydrogen) atoms. The lowest BCUT2D eigenvalue weighted by molar-refractivity contribution is -0.127. The first-order valence-electron chi connectivity index (χ1n) is 13.2. The summed E-state index contributed by atoms with van der Waals surface area (Å²) in [5.74, 6) is 4.13. The number of carbonyl (C=O) groups excluding carboxylic acids is 2. The molecule has 1 aliphatic heterocycles. The number of nitrogens with zero attached hydrogens (tertiary/aromatic N) is 1. The highest BCUT2D eigenvalue weighted by molar-refractivity contribution is 5.87. The van der Waals surface area contributed by atoms with Gasteiger partial charge in [0.05, 0.1) is 6.54 Å². The molecule has 4 heteroatoms. The van der Waals surface area contributed by atoms with Gasteiger partial charge in [0.15, 0.2) is 0 Å². The zero-order valence-electron chi connectivity index (χ0n) is 18.8. The number of rotatable bonds is 6. The first-order chi connectivity index (χ1) is 14.7. The van der Waals surface area contributed by atoms with Crippen molar-refractivity contribution in [1.29, 1.82) is 0 Å². The number of piperidine rings is 1. The van der Waals surface area contributed by atoms with Crippen molar-refractivity contribution >= 4 is 11.7 Å². The van der Waals surface area contributed by atoms with E-state index in [0.29, 0.717) is 30.1 Å². The highest BCUT2D eigenvalue weighted by Crippen LogP contribution is 2.48. The van der Waals surface area contributed by atoms with E-state index in [1.165, 1.54) is 70.6 Å². The third-order valence-corrected chi connectivity index (χ3v) is 9.41. The van der Waals surface area contributed by atoms with Crippen LogP contribution in [-0.2, 0) is 9.59 Å². The van der Waals surface area contributed by atoms with Crippen LogP contribution in [-0.4, -0.2) is 42.3 Å². The molecule has 4 nitrogen and oxygen atoms in total. The Kier molecular flexibility index (Phi) is 6.50. The minimum Gasteiger partial charge on any atom is -0.351 e. The monoisotopic (exact) mass is 414 g/mol. The van der Waals surface area contributed by atoms with Gasteiger partial charge in [0.1, 0.15) is 5.78 Å². The Bertz CT molecular complexity index is 617. The van der Waals surface area contributed by atoms with Gasteiger partial charge in [-0.25, -0.2) is 0 Å². The van der Waals surface area contributed by atoms with E-state index in [2.05, 4.69) is 10.2 Å². The maximum Gasteiger partial charge on any atom is 0.234 e. The van der Waals surface area contributed by atoms with Crippen LogP contribution in [0.15, 0.2) is 0 Å². The fourth-order valence-electron chi connectivity index (χ4n) is 7.57. The van der Waals surface area contributed by atoms with Gasteiger partial charge >= 0.3 is 0 Å². The van der Waals surface area contributed by atoms with Crippen LogP contribution < -0.4 is 5.32 Å². The summed E-state index contributed by atoms with van der Waals surface area (Å²) in [5, 5.41) is 3.41. The molecule has 0 bridgehead atoms. The van der Waals surface area contributed by atoms with Gasteiger partial charge < -0.3 is 5.32 Å². The van der Waals surface area contributed by atoms with Crippen molar-refractivity contribution in [2.75, 3.05) is 19.6 Å². The maximum atomic E-state index is 13.0. The standard InChI is InChI=1S/C26H42N2O2/c29-24(17-28-14-12-19(13-15-28)18-6-2-1-3-7-18)27-25-22-9-5-4-8-21(22)16-23(25)26(30)20-10-11-20/h18-23,25H,1-17H2,(H,27,29). The summed E-state index contributed by atoms with van der Waals surface area (Å²) in [5.41, 5.74) is 0. The summed E-state index contributed by atoms with van der Waals surface area (Å²) in [6, 6.07) is 0.121. The highest BCUT2D eigenvalue weighted by Gasteiger charge is 2.50. The van der Waals surface area contributed by atoms with Crippen molar-refractivity contribution < 1.29 is 9.59 Å². The van der Waals surface area contributed by atoms with E-state index in [9.17, 15) is 9.59 Å². The molecule has 0 aromatic carbocycles. The van der Waals surface area contributed by atoms with Crippen molar-refractivity contribution in [1.82, 2.24) is 10.2 Å². The molecule has 5 aliphatic rings. The van der Waals surface area contributed by atoms with Gasteiger partial charge in [-0.2, -0.15) is 0 Å². The molecule has 4 saturated carbocycles. The molecule has 5 fully saturated rings. The molecule has 4 unspecified atom stereocenters. The maximum absolute atomic E-state index is 13.0. The Balaban J connectivity index is 1.14. The van der Waals surface area contributed by atoms with E-state index in [-0.39, 0.29) is 17.9 Å². The SMILES string of the molecule is O=C(CN1CCC(C2CCCCC2)CC1)NC1C(C(=O)C2CC2)CC2CCCCC21. The van der Waals surface area contributed by atoms with Crippen molar-refractivity contribution in [3.63, 3.8) is 0 Å². The van der Waals surface area contributed by atoms with E-state index >= 15 is 0 Å². The van der Waals surface area contributed by atoms with E-state index in [1.807, 2.05) is 0 Å². The molecule has 1 N–H and O–H groups in total.